The van der Waals surface area contributed by atoms with Gasteiger partial charge in [-0.15, -0.1) is 0 Å². The largest absolute Gasteiger partial charge is 0.544 e. The normalized spacial score (nSPS) is 11.6. The van der Waals surface area contributed by atoms with E-state index in [0.29, 0.717) is 0 Å². The van der Waals surface area contributed by atoms with Gasteiger partial charge in [0.25, 0.3) is 0 Å². The van der Waals surface area contributed by atoms with Crippen LogP contribution in [0, 0.1) is 13.8 Å². The fourth-order valence-corrected chi connectivity index (χ4v) is 2.66. The van der Waals surface area contributed by atoms with E-state index in [2.05, 4.69) is 52.5 Å². The van der Waals surface area contributed by atoms with Crippen molar-refractivity contribution in [3.63, 3.8) is 0 Å². The molecule has 0 aliphatic heterocycles. The van der Waals surface area contributed by atoms with E-state index in [4.69, 9.17) is 4.43 Å². The summed E-state index contributed by atoms with van der Waals surface area (Å²) in [4.78, 5) is 0. The molecular weight excluding hydrogens is 200 g/mol. The zero-order valence-corrected chi connectivity index (χ0v) is 11.8. The SMILES string of the molecule is CCc1cc(C)cc(C)c1O[Si](C)(C)C. The third-order valence-corrected chi connectivity index (χ3v) is 3.10. The Labute approximate surface area is 94.6 Å². The van der Waals surface area contributed by atoms with Crippen LogP contribution in [-0.4, -0.2) is 8.32 Å². The number of hydrogen-bond acceptors (Lipinski definition) is 1. The number of hydrogen-bond donors (Lipinski definition) is 0. The van der Waals surface area contributed by atoms with Crippen LogP contribution in [0.1, 0.15) is 23.6 Å². The van der Waals surface area contributed by atoms with E-state index in [9.17, 15) is 0 Å². The second-order valence-corrected chi connectivity index (χ2v) is 9.57. The van der Waals surface area contributed by atoms with Crippen LogP contribution in [0.2, 0.25) is 19.6 Å². The van der Waals surface area contributed by atoms with Crippen molar-refractivity contribution in [2.45, 2.75) is 46.8 Å². The Morgan fingerprint density at radius 1 is 1.13 bits per heavy atom. The molecular formula is C13H22OSi. The third kappa shape index (κ3) is 3.38. The maximum atomic E-state index is 6.15. The van der Waals surface area contributed by atoms with Crippen LogP contribution in [0.3, 0.4) is 0 Å². The molecule has 0 bridgehead atoms. The van der Waals surface area contributed by atoms with Gasteiger partial charge in [0.2, 0.25) is 8.32 Å². The summed E-state index contributed by atoms with van der Waals surface area (Å²) in [6.45, 7) is 13.2. The maximum absolute atomic E-state index is 6.15. The summed E-state index contributed by atoms with van der Waals surface area (Å²) >= 11 is 0. The van der Waals surface area contributed by atoms with Gasteiger partial charge in [-0.2, -0.15) is 0 Å². The Morgan fingerprint density at radius 2 is 1.73 bits per heavy atom. The molecule has 1 rings (SSSR count). The molecule has 0 spiro atoms. The summed E-state index contributed by atoms with van der Waals surface area (Å²) < 4.78 is 6.15. The minimum absolute atomic E-state index is 1.04. The molecule has 0 heterocycles. The molecule has 0 aliphatic carbocycles. The van der Waals surface area contributed by atoms with Crippen molar-refractivity contribution in [2.75, 3.05) is 0 Å². The Hall–Kier alpha value is -0.763. The predicted octanol–water partition coefficient (Wildman–Crippen LogP) is 4.08. The van der Waals surface area contributed by atoms with Gasteiger partial charge in [-0.1, -0.05) is 24.6 Å². The van der Waals surface area contributed by atoms with E-state index in [1.165, 1.54) is 16.7 Å². The van der Waals surface area contributed by atoms with Crippen molar-refractivity contribution in [1.29, 1.82) is 0 Å². The van der Waals surface area contributed by atoms with E-state index < -0.39 is 8.32 Å². The molecule has 0 fully saturated rings. The topological polar surface area (TPSA) is 9.23 Å². The summed E-state index contributed by atoms with van der Waals surface area (Å²) in [7, 11) is -1.49. The van der Waals surface area contributed by atoms with Crippen molar-refractivity contribution in [2.24, 2.45) is 0 Å². The molecule has 15 heavy (non-hydrogen) atoms. The minimum Gasteiger partial charge on any atom is -0.544 e. The fraction of sp³-hybridized carbons (Fsp3) is 0.538. The Kier molecular flexibility index (Phi) is 3.61. The molecule has 0 unspecified atom stereocenters. The summed E-state index contributed by atoms with van der Waals surface area (Å²) in [6, 6.07) is 4.44. The molecule has 1 aromatic rings. The van der Waals surface area contributed by atoms with Gasteiger partial charge in [-0.05, 0) is 51.0 Å². The average molecular weight is 222 g/mol. The lowest BCUT2D eigenvalue weighted by atomic mass is 10.0. The predicted molar refractivity (Wildman–Crippen MR) is 69.3 cm³/mol. The molecule has 0 radical (unpaired) electrons. The highest BCUT2D eigenvalue weighted by molar-refractivity contribution is 6.70. The standard InChI is InChI=1S/C13H22OSi/c1-7-12-9-10(2)8-11(3)13(12)14-15(4,5)6/h8-9H,7H2,1-6H3. The summed E-state index contributed by atoms with van der Waals surface area (Å²) in [5, 5.41) is 0. The van der Waals surface area contributed by atoms with Gasteiger partial charge in [0.05, 0.1) is 0 Å². The van der Waals surface area contributed by atoms with Crippen LogP contribution in [0.15, 0.2) is 12.1 Å². The smallest absolute Gasteiger partial charge is 0.242 e. The lowest BCUT2D eigenvalue weighted by Gasteiger charge is -2.23. The van der Waals surface area contributed by atoms with Gasteiger partial charge < -0.3 is 4.43 Å². The molecule has 0 amide bonds. The van der Waals surface area contributed by atoms with Gasteiger partial charge >= 0.3 is 0 Å². The van der Waals surface area contributed by atoms with Crippen molar-refractivity contribution in [3.05, 3.63) is 28.8 Å². The van der Waals surface area contributed by atoms with Crippen molar-refractivity contribution in [1.82, 2.24) is 0 Å². The van der Waals surface area contributed by atoms with E-state index in [1.807, 2.05) is 0 Å². The van der Waals surface area contributed by atoms with Gasteiger partial charge in [0, 0.05) is 0 Å². The Bertz CT molecular complexity index is 350. The molecule has 0 aliphatic rings. The van der Waals surface area contributed by atoms with E-state index >= 15 is 0 Å². The fourth-order valence-electron chi connectivity index (χ4n) is 1.76. The molecule has 1 nitrogen and oxygen atoms in total. The van der Waals surface area contributed by atoms with Crippen molar-refractivity contribution in [3.8, 4) is 5.75 Å². The molecule has 2 heteroatoms. The van der Waals surface area contributed by atoms with E-state index in [0.717, 1.165) is 12.2 Å². The second-order valence-electron chi connectivity index (χ2n) is 5.14. The van der Waals surface area contributed by atoms with Crippen molar-refractivity contribution < 1.29 is 4.43 Å². The number of aryl methyl sites for hydroxylation is 3. The Balaban J connectivity index is 3.15. The molecule has 84 valence electrons. The van der Waals surface area contributed by atoms with Gasteiger partial charge in [-0.3, -0.25) is 0 Å². The van der Waals surface area contributed by atoms with Gasteiger partial charge in [0.15, 0.2) is 0 Å². The maximum Gasteiger partial charge on any atom is 0.242 e. The summed E-state index contributed by atoms with van der Waals surface area (Å²) in [5.41, 5.74) is 3.94. The average Bonchev–Trinajstić information content (AvgIpc) is 2.07. The lowest BCUT2D eigenvalue weighted by molar-refractivity contribution is 0.545. The minimum atomic E-state index is -1.49. The summed E-state index contributed by atoms with van der Waals surface area (Å²) in [6.07, 6.45) is 1.04. The number of rotatable bonds is 3. The molecule has 0 atom stereocenters. The van der Waals surface area contributed by atoms with Crippen LogP contribution in [0.25, 0.3) is 0 Å². The first-order valence-electron chi connectivity index (χ1n) is 5.62. The highest BCUT2D eigenvalue weighted by Gasteiger charge is 2.19. The molecule has 0 saturated carbocycles. The second kappa shape index (κ2) is 4.39. The quantitative estimate of drug-likeness (QED) is 0.700. The monoisotopic (exact) mass is 222 g/mol. The Morgan fingerprint density at radius 3 is 2.20 bits per heavy atom. The van der Waals surface area contributed by atoms with Crippen LogP contribution in [0.4, 0.5) is 0 Å². The van der Waals surface area contributed by atoms with Crippen LogP contribution in [0.5, 0.6) is 5.75 Å². The third-order valence-electron chi connectivity index (χ3n) is 2.29. The van der Waals surface area contributed by atoms with Gasteiger partial charge in [-0.25, -0.2) is 0 Å². The molecule has 0 aromatic heterocycles. The first-order chi connectivity index (χ1) is 6.83. The zero-order valence-electron chi connectivity index (χ0n) is 10.8. The molecule has 1 aromatic carbocycles. The summed E-state index contributed by atoms with van der Waals surface area (Å²) in [5.74, 6) is 1.13. The zero-order chi connectivity index (χ0) is 11.6. The highest BCUT2D eigenvalue weighted by Crippen LogP contribution is 2.28. The highest BCUT2D eigenvalue weighted by atomic mass is 28.4. The first-order valence-corrected chi connectivity index (χ1v) is 9.03. The van der Waals surface area contributed by atoms with E-state index in [1.54, 1.807) is 0 Å². The first kappa shape index (κ1) is 12.3. The van der Waals surface area contributed by atoms with E-state index in [-0.39, 0.29) is 0 Å². The van der Waals surface area contributed by atoms with Crippen molar-refractivity contribution >= 4 is 8.32 Å². The molecule has 0 saturated heterocycles. The van der Waals surface area contributed by atoms with Crippen LogP contribution in [-0.2, 0) is 6.42 Å². The lowest BCUT2D eigenvalue weighted by Crippen LogP contribution is -2.30. The van der Waals surface area contributed by atoms with Crippen LogP contribution < -0.4 is 4.43 Å². The number of benzene rings is 1. The molecule has 0 N–H and O–H groups in total. The van der Waals surface area contributed by atoms with Crippen LogP contribution >= 0.6 is 0 Å². The van der Waals surface area contributed by atoms with Gasteiger partial charge in [0.1, 0.15) is 5.75 Å².